The van der Waals surface area contributed by atoms with Gasteiger partial charge in [-0.15, -0.1) is 0 Å². The van der Waals surface area contributed by atoms with Gasteiger partial charge in [0, 0.05) is 5.92 Å². The maximum atomic E-state index is 12.1. The molecule has 2 nitrogen and oxygen atoms in total. The zero-order valence-corrected chi connectivity index (χ0v) is 14.8. The Morgan fingerprint density at radius 3 is 2.61 bits per heavy atom. The summed E-state index contributed by atoms with van der Waals surface area (Å²) in [4.78, 5) is 12.1. The molecule has 2 unspecified atom stereocenters. The minimum atomic E-state index is -0.147. The highest BCUT2D eigenvalue weighted by molar-refractivity contribution is 5.79. The van der Waals surface area contributed by atoms with Crippen molar-refractivity contribution < 1.29 is 9.90 Å². The molecule has 0 aliphatic heterocycles. The van der Waals surface area contributed by atoms with Gasteiger partial charge in [-0.1, -0.05) is 37.1 Å². The minimum absolute atomic E-state index is 0.147. The van der Waals surface area contributed by atoms with E-state index >= 15 is 0 Å². The zero-order valence-electron chi connectivity index (χ0n) is 14.8. The Labute approximate surface area is 140 Å². The number of fused-ring (bicyclic) bond motifs is 5. The number of carbonyl (C=O) groups is 1. The Hall–Kier alpha value is -0.890. The SMILES string of the molecule is CC(=O)[C@H]1CCC2C3=CC=C4C[C@@H](O)CC[C@]4(C)C3CC[C@@]21C. The first-order valence-corrected chi connectivity index (χ1v) is 9.46. The van der Waals surface area contributed by atoms with Crippen molar-refractivity contribution in [1.29, 1.82) is 0 Å². The van der Waals surface area contributed by atoms with Gasteiger partial charge in [-0.25, -0.2) is 0 Å². The van der Waals surface area contributed by atoms with Crippen LogP contribution in [0.2, 0.25) is 0 Å². The Kier molecular flexibility index (Phi) is 3.43. The van der Waals surface area contributed by atoms with Crippen molar-refractivity contribution in [3.05, 3.63) is 23.3 Å². The lowest BCUT2D eigenvalue weighted by Crippen LogP contribution is -2.46. The van der Waals surface area contributed by atoms with Crippen molar-refractivity contribution in [1.82, 2.24) is 0 Å². The Bertz CT molecular complexity index is 601. The second-order valence-electron chi connectivity index (χ2n) is 9.06. The third kappa shape index (κ3) is 2.06. The van der Waals surface area contributed by atoms with Crippen LogP contribution in [0, 0.1) is 28.6 Å². The van der Waals surface area contributed by atoms with Crippen molar-refractivity contribution in [3.8, 4) is 0 Å². The molecular weight excluding hydrogens is 284 g/mol. The number of hydrogen-bond acceptors (Lipinski definition) is 2. The van der Waals surface area contributed by atoms with E-state index < -0.39 is 0 Å². The first-order valence-electron chi connectivity index (χ1n) is 9.46. The molecule has 3 fully saturated rings. The highest BCUT2D eigenvalue weighted by atomic mass is 16.3. The smallest absolute Gasteiger partial charge is 0.133 e. The van der Waals surface area contributed by atoms with Crippen LogP contribution in [0.3, 0.4) is 0 Å². The lowest BCUT2D eigenvalue weighted by molar-refractivity contribution is -0.124. The fourth-order valence-electron chi connectivity index (χ4n) is 6.65. The van der Waals surface area contributed by atoms with Crippen LogP contribution in [0.15, 0.2) is 23.3 Å². The molecule has 4 aliphatic rings. The van der Waals surface area contributed by atoms with Crippen LogP contribution in [0.5, 0.6) is 0 Å². The van der Waals surface area contributed by atoms with E-state index in [9.17, 15) is 9.90 Å². The Morgan fingerprint density at radius 1 is 1.09 bits per heavy atom. The topological polar surface area (TPSA) is 37.3 Å². The number of Topliss-reactive ketones (excluding diaryl/α,β-unsaturated/α-hetero) is 1. The number of aliphatic hydroxyl groups excluding tert-OH is 1. The largest absolute Gasteiger partial charge is 0.393 e. The predicted octanol–water partition coefficient (Wildman–Crippen LogP) is 4.44. The first kappa shape index (κ1) is 15.6. The molecule has 0 aromatic heterocycles. The van der Waals surface area contributed by atoms with Gasteiger partial charge in [0.15, 0.2) is 0 Å². The summed E-state index contributed by atoms with van der Waals surface area (Å²) >= 11 is 0. The molecule has 4 rings (SSSR count). The number of aliphatic hydroxyl groups is 1. The van der Waals surface area contributed by atoms with Gasteiger partial charge in [-0.05, 0) is 74.5 Å². The quantitative estimate of drug-likeness (QED) is 0.777. The second-order valence-corrected chi connectivity index (χ2v) is 9.06. The summed E-state index contributed by atoms with van der Waals surface area (Å²) in [5.74, 6) is 1.89. The summed E-state index contributed by atoms with van der Waals surface area (Å²) in [5.41, 5.74) is 3.53. The molecular formula is C21H30O2. The predicted molar refractivity (Wildman–Crippen MR) is 91.9 cm³/mol. The van der Waals surface area contributed by atoms with Gasteiger partial charge < -0.3 is 5.11 Å². The van der Waals surface area contributed by atoms with Gasteiger partial charge in [-0.3, -0.25) is 4.79 Å². The Balaban J connectivity index is 1.72. The van der Waals surface area contributed by atoms with E-state index in [2.05, 4.69) is 26.0 Å². The van der Waals surface area contributed by atoms with E-state index in [1.54, 1.807) is 12.5 Å². The van der Waals surface area contributed by atoms with E-state index in [0.29, 0.717) is 17.6 Å². The maximum absolute atomic E-state index is 12.1. The summed E-state index contributed by atoms with van der Waals surface area (Å²) in [6, 6.07) is 0. The molecule has 0 spiro atoms. The van der Waals surface area contributed by atoms with Gasteiger partial charge in [0.1, 0.15) is 5.78 Å². The van der Waals surface area contributed by atoms with Crippen LogP contribution in [-0.4, -0.2) is 17.0 Å². The van der Waals surface area contributed by atoms with Crippen molar-refractivity contribution in [3.63, 3.8) is 0 Å². The zero-order chi connectivity index (χ0) is 16.4. The molecule has 0 radical (unpaired) electrons. The van der Waals surface area contributed by atoms with Gasteiger partial charge in [0.25, 0.3) is 0 Å². The molecule has 1 N–H and O–H groups in total. The summed E-state index contributed by atoms with van der Waals surface area (Å²) < 4.78 is 0. The molecule has 0 aromatic carbocycles. The number of carbonyl (C=O) groups excluding carboxylic acids is 1. The van der Waals surface area contributed by atoms with Crippen LogP contribution in [0.4, 0.5) is 0 Å². The lowest BCUT2D eigenvalue weighted by Gasteiger charge is -2.54. The van der Waals surface area contributed by atoms with E-state index in [1.165, 1.54) is 24.8 Å². The van der Waals surface area contributed by atoms with Crippen molar-refractivity contribution in [2.45, 2.75) is 71.8 Å². The average molecular weight is 314 g/mol. The lowest BCUT2D eigenvalue weighted by atomic mass is 9.50. The summed E-state index contributed by atoms with van der Waals surface area (Å²) in [7, 11) is 0. The van der Waals surface area contributed by atoms with E-state index in [4.69, 9.17) is 0 Å². The van der Waals surface area contributed by atoms with E-state index in [1.807, 2.05) is 0 Å². The molecule has 6 atom stereocenters. The fourth-order valence-corrected chi connectivity index (χ4v) is 6.65. The third-order valence-corrected chi connectivity index (χ3v) is 8.04. The van der Waals surface area contributed by atoms with Gasteiger partial charge in [0.05, 0.1) is 6.10 Å². The standard InChI is InChI=1S/C21H30O2/c1-13(22)17-6-7-18-16-5-4-14-12-15(23)8-10-20(14,2)19(16)9-11-21(17,18)3/h4-5,15,17-19,23H,6-12H2,1-3H3/t15-,17+,18?,19?,20-,21+/m0/s1. The monoisotopic (exact) mass is 314 g/mol. The summed E-state index contributed by atoms with van der Waals surface area (Å²) in [6.45, 7) is 6.60. The number of hydrogen-bond donors (Lipinski definition) is 1. The van der Waals surface area contributed by atoms with Crippen LogP contribution in [0.25, 0.3) is 0 Å². The highest BCUT2D eigenvalue weighted by Crippen LogP contribution is 2.64. The van der Waals surface area contributed by atoms with Crippen molar-refractivity contribution >= 4 is 5.78 Å². The molecule has 0 amide bonds. The van der Waals surface area contributed by atoms with Gasteiger partial charge >= 0.3 is 0 Å². The van der Waals surface area contributed by atoms with Gasteiger partial charge in [-0.2, -0.15) is 0 Å². The first-order chi connectivity index (χ1) is 10.9. The van der Waals surface area contributed by atoms with Crippen LogP contribution in [0.1, 0.15) is 65.7 Å². The summed E-state index contributed by atoms with van der Waals surface area (Å²) in [5, 5.41) is 10.0. The van der Waals surface area contributed by atoms with Crippen LogP contribution >= 0.6 is 0 Å². The molecule has 2 heteroatoms. The van der Waals surface area contributed by atoms with E-state index in [0.717, 1.165) is 25.7 Å². The molecule has 3 saturated carbocycles. The molecule has 4 aliphatic carbocycles. The second kappa shape index (κ2) is 5.05. The summed E-state index contributed by atoms with van der Waals surface area (Å²) in [6.07, 6.45) is 12.1. The Morgan fingerprint density at radius 2 is 1.87 bits per heavy atom. The number of allylic oxidation sites excluding steroid dienone is 3. The fraction of sp³-hybridized carbons (Fsp3) is 0.762. The minimum Gasteiger partial charge on any atom is -0.393 e. The normalized spacial score (nSPS) is 48.7. The third-order valence-electron chi connectivity index (χ3n) is 8.04. The molecule has 126 valence electrons. The molecule has 0 bridgehead atoms. The van der Waals surface area contributed by atoms with Crippen molar-refractivity contribution in [2.24, 2.45) is 28.6 Å². The highest BCUT2D eigenvalue weighted by Gasteiger charge is 2.57. The average Bonchev–Trinajstić information content (AvgIpc) is 2.85. The van der Waals surface area contributed by atoms with Gasteiger partial charge in [0.2, 0.25) is 0 Å². The van der Waals surface area contributed by atoms with E-state index in [-0.39, 0.29) is 22.9 Å². The molecule has 23 heavy (non-hydrogen) atoms. The molecule has 0 heterocycles. The molecule has 0 saturated heterocycles. The number of rotatable bonds is 1. The number of ketones is 1. The molecule has 0 aromatic rings. The van der Waals surface area contributed by atoms with Crippen LogP contribution in [-0.2, 0) is 4.79 Å². The van der Waals surface area contributed by atoms with Crippen LogP contribution < -0.4 is 0 Å². The van der Waals surface area contributed by atoms with Crippen molar-refractivity contribution in [2.75, 3.05) is 0 Å². The maximum Gasteiger partial charge on any atom is 0.133 e.